The molecule has 0 N–H and O–H groups in total. The SMILES string of the molecule is C=C[C@H](Oc1ccccc1)c1cccc(Br)c1. The van der Waals surface area contributed by atoms with Crippen LogP contribution in [-0.4, -0.2) is 0 Å². The molecule has 0 fully saturated rings. The van der Waals surface area contributed by atoms with Gasteiger partial charge in [-0.15, -0.1) is 0 Å². The highest BCUT2D eigenvalue weighted by atomic mass is 79.9. The second-order valence-electron chi connectivity index (χ2n) is 3.64. The normalized spacial score (nSPS) is 11.8. The molecule has 2 heteroatoms. The lowest BCUT2D eigenvalue weighted by Gasteiger charge is -2.16. The Balaban J connectivity index is 2.20. The van der Waals surface area contributed by atoms with Crippen LogP contribution in [0.1, 0.15) is 11.7 Å². The fourth-order valence-electron chi connectivity index (χ4n) is 1.58. The zero-order valence-corrected chi connectivity index (χ0v) is 10.9. The molecule has 0 unspecified atom stereocenters. The van der Waals surface area contributed by atoms with Crippen LogP contribution in [0.5, 0.6) is 5.75 Å². The Bertz CT molecular complexity index is 493. The zero-order valence-electron chi connectivity index (χ0n) is 9.34. The number of hydrogen-bond donors (Lipinski definition) is 0. The molecule has 2 aromatic carbocycles. The first-order valence-electron chi connectivity index (χ1n) is 5.39. The van der Waals surface area contributed by atoms with Gasteiger partial charge in [0.05, 0.1) is 0 Å². The molecule has 86 valence electrons. The monoisotopic (exact) mass is 288 g/mol. The summed E-state index contributed by atoms with van der Waals surface area (Å²) in [6.45, 7) is 3.82. The Morgan fingerprint density at radius 2 is 1.82 bits per heavy atom. The average Bonchev–Trinajstić information content (AvgIpc) is 2.37. The number of benzene rings is 2. The summed E-state index contributed by atoms with van der Waals surface area (Å²) in [6.07, 6.45) is 1.67. The van der Waals surface area contributed by atoms with E-state index in [2.05, 4.69) is 22.5 Å². The molecule has 2 aromatic rings. The lowest BCUT2D eigenvalue weighted by Crippen LogP contribution is -2.04. The Hall–Kier alpha value is -1.54. The minimum Gasteiger partial charge on any atom is -0.482 e. The van der Waals surface area contributed by atoms with Gasteiger partial charge in [0, 0.05) is 4.47 Å². The van der Waals surface area contributed by atoms with Gasteiger partial charge < -0.3 is 4.74 Å². The Morgan fingerprint density at radius 1 is 1.06 bits per heavy atom. The number of para-hydroxylation sites is 1. The Kier molecular flexibility index (Phi) is 3.99. The highest BCUT2D eigenvalue weighted by Crippen LogP contribution is 2.24. The van der Waals surface area contributed by atoms with Crippen molar-refractivity contribution in [2.45, 2.75) is 6.10 Å². The van der Waals surface area contributed by atoms with Crippen LogP contribution in [-0.2, 0) is 0 Å². The van der Waals surface area contributed by atoms with E-state index in [1.807, 2.05) is 54.6 Å². The molecule has 0 aliphatic heterocycles. The van der Waals surface area contributed by atoms with Gasteiger partial charge in [-0.3, -0.25) is 0 Å². The highest BCUT2D eigenvalue weighted by molar-refractivity contribution is 9.10. The van der Waals surface area contributed by atoms with Crippen LogP contribution in [0.15, 0.2) is 71.7 Å². The van der Waals surface area contributed by atoms with Crippen LogP contribution in [0, 0.1) is 0 Å². The van der Waals surface area contributed by atoms with E-state index in [1.54, 1.807) is 6.08 Å². The molecule has 0 aliphatic carbocycles. The first kappa shape index (κ1) is 11.9. The minimum absolute atomic E-state index is 0.130. The summed E-state index contributed by atoms with van der Waals surface area (Å²) in [6, 6.07) is 17.8. The summed E-state index contributed by atoms with van der Waals surface area (Å²) < 4.78 is 6.91. The maximum atomic E-state index is 5.87. The zero-order chi connectivity index (χ0) is 12.1. The maximum Gasteiger partial charge on any atom is 0.142 e. The number of hydrogen-bond acceptors (Lipinski definition) is 1. The van der Waals surface area contributed by atoms with Crippen LogP contribution >= 0.6 is 15.9 Å². The van der Waals surface area contributed by atoms with E-state index in [-0.39, 0.29) is 6.10 Å². The van der Waals surface area contributed by atoms with Crippen LogP contribution in [0.2, 0.25) is 0 Å². The van der Waals surface area contributed by atoms with Gasteiger partial charge in [0.25, 0.3) is 0 Å². The van der Waals surface area contributed by atoms with Crippen molar-refractivity contribution in [3.05, 3.63) is 77.3 Å². The first-order valence-corrected chi connectivity index (χ1v) is 6.18. The minimum atomic E-state index is -0.130. The van der Waals surface area contributed by atoms with E-state index in [9.17, 15) is 0 Å². The van der Waals surface area contributed by atoms with Gasteiger partial charge in [0.1, 0.15) is 11.9 Å². The van der Waals surface area contributed by atoms with E-state index in [0.717, 1.165) is 15.8 Å². The molecule has 0 spiro atoms. The largest absolute Gasteiger partial charge is 0.482 e. The van der Waals surface area contributed by atoms with Crippen molar-refractivity contribution in [1.82, 2.24) is 0 Å². The molecule has 0 amide bonds. The molecule has 0 bridgehead atoms. The first-order chi connectivity index (χ1) is 8.29. The molecule has 0 saturated heterocycles. The molecule has 17 heavy (non-hydrogen) atoms. The van der Waals surface area contributed by atoms with Crippen molar-refractivity contribution in [3.8, 4) is 5.75 Å². The number of rotatable bonds is 4. The molecule has 0 radical (unpaired) electrons. The van der Waals surface area contributed by atoms with Gasteiger partial charge in [0.2, 0.25) is 0 Å². The van der Waals surface area contributed by atoms with Gasteiger partial charge in [-0.1, -0.05) is 52.8 Å². The second kappa shape index (κ2) is 5.69. The van der Waals surface area contributed by atoms with Crippen molar-refractivity contribution in [2.75, 3.05) is 0 Å². The van der Waals surface area contributed by atoms with Crippen LogP contribution < -0.4 is 4.74 Å². The summed E-state index contributed by atoms with van der Waals surface area (Å²) in [5, 5.41) is 0. The average molecular weight is 289 g/mol. The van der Waals surface area contributed by atoms with Crippen LogP contribution in [0.4, 0.5) is 0 Å². The quantitative estimate of drug-likeness (QED) is 0.738. The maximum absolute atomic E-state index is 5.87. The fraction of sp³-hybridized carbons (Fsp3) is 0.0667. The van der Waals surface area contributed by atoms with Crippen molar-refractivity contribution in [2.24, 2.45) is 0 Å². The van der Waals surface area contributed by atoms with Crippen molar-refractivity contribution in [3.63, 3.8) is 0 Å². The molecule has 0 saturated carbocycles. The Morgan fingerprint density at radius 3 is 2.47 bits per heavy atom. The van der Waals surface area contributed by atoms with Gasteiger partial charge in [-0.2, -0.15) is 0 Å². The van der Waals surface area contributed by atoms with E-state index >= 15 is 0 Å². The van der Waals surface area contributed by atoms with Gasteiger partial charge >= 0.3 is 0 Å². The molecule has 0 aromatic heterocycles. The molecular weight excluding hydrogens is 276 g/mol. The van der Waals surface area contributed by atoms with Crippen molar-refractivity contribution >= 4 is 15.9 Å². The lowest BCUT2D eigenvalue weighted by molar-refractivity contribution is 0.256. The molecule has 2 rings (SSSR count). The van der Waals surface area contributed by atoms with Gasteiger partial charge in [-0.05, 0) is 35.9 Å². The van der Waals surface area contributed by atoms with E-state index in [4.69, 9.17) is 4.74 Å². The fourth-order valence-corrected chi connectivity index (χ4v) is 2.00. The molecule has 0 heterocycles. The highest BCUT2D eigenvalue weighted by Gasteiger charge is 2.09. The summed E-state index contributed by atoms with van der Waals surface area (Å²) in [5.41, 5.74) is 1.08. The van der Waals surface area contributed by atoms with Crippen molar-refractivity contribution < 1.29 is 4.74 Å². The molecule has 1 atom stereocenters. The molecule has 1 nitrogen and oxygen atoms in total. The number of ether oxygens (including phenoxy) is 1. The van der Waals surface area contributed by atoms with Crippen LogP contribution in [0.25, 0.3) is 0 Å². The van der Waals surface area contributed by atoms with E-state index in [0.29, 0.717) is 0 Å². The Labute approximate surface area is 110 Å². The predicted molar refractivity (Wildman–Crippen MR) is 74.2 cm³/mol. The van der Waals surface area contributed by atoms with E-state index < -0.39 is 0 Å². The smallest absolute Gasteiger partial charge is 0.142 e. The standard InChI is InChI=1S/C15H13BrO/c1-2-15(12-7-6-8-13(16)11-12)17-14-9-4-3-5-10-14/h2-11,15H,1H2/t15-/m0/s1. The molecular formula is C15H13BrO. The number of halogens is 1. The predicted octanol–water partition coefficient (Wildman–Crippen LogP) is 4.76. The topological polar surface area (TPSA) is 9.23 Å². The third kappa shape index (κ3) is 3.21. The third-order valence-electron chi connectivity index (χ3n) is 2.40. The summed E-state index contributed by atoms with van der Waals surface area (Å²) in [4.78, 5) is 0. The van der Waals surface area contributed by atoms with E-state index in [1.165, 1.54) is 0 Å². The summed E-state index contributed by atoms with van der Waals surface area (Å²) >= 11 is 3.46. The summed E-state index contributed by atoms with van der Waals surface area (Å²) in [7, 11) is 0. The van der Waals surface area contributed by atoms with Crippen molar-refractivity contribution in [1.29, 1.82) is 0 Å². The lowest BCUT2D eigenvalue weighted by atomic mass is 10.1. The second-order valence-corrected chi connectivity index (χ2v) is 4.56. The van der Waals surface area contributed by atoms with Gasteiger partial charge in [-0.25, -0.2) is 0 Å². The third-order valence-corrected chi connectivity index (χ3v) is 2.89. The van der Waals surface area contributed by atoms with Gasteiger partial charge in [0.15, 0.2) is 0 Å². The van der Waals surface area contributed by atoms with Crippen LogP contribution in [0.3, 0.4) is 0 Å². The summed E-state index contributed by atoms with van der Waals surface area (Å²) in [5.74, 6) is 0.845. The molecule has 0 aliphatic rings.